The van der Waals surface area contributed by atoms with Crippen molar-refractivity contribution in [2.75, 3.05) is 6.54 Å². The first-order valence-electron chi connectivity index (χ1n) is 6.72. The first kappa shape index (κ1) is 15.0. The number of carboxylic acid groups (broad SMARTS) is 1. The van der Waals surface area contributed by atoms with Crippen LogP contribution in [0.4, 0.5) is 0 Å². The zero-order valence-electron chi connectivity index (χ0n) is 11.5. The Bertz CT molecular complexity index is 562. The van der Waals surface area contributed by atoms with Gasteiger partial charge in [0.1, 0.15) is 5.69 Å². The molecule has 112 valence electrons. The van der Waals surface area contributed by atoms with E-state index < -0.39 is 17.3 Å². The lowest BCUT2D eigenvalue weighted by Gasteiger charge is -2.25. The van der Waals surface area contributed by atoms with Crippen molar-refractivity contribution in [1.29, 1.82) is 0 Å². The van der Waals surface area contributed by atoms with E-state index in [0.717, 1.165) is 12.8 Å². The van der Waals surface area contributed by atoms with Crippen LogP contribution in [0.3, 0.4) is 0 Å². The van der Waals surface area contributed by atoms with Gasteiger partial charge in [-0.15, -0.1) is 0 Å². The molecule has 0 unspecified atom stereocenters. The number of primary amides is 1. The van der Waals surface area contributed by atoms with Gasteiger partial charge < -0.3 is 16.2 Å². The quantitative estimate of drug-likeness (QED) is 0.731. The number of hydrogen-bond donors (Lipinski definition) is 3. The number of hydrogen-bond acceptors (Lipinski definition) is 4. The Balaban J connectivity index is 2.01. The smallest absolute Gasteiger partial charge is 0.354 e. The van der Waals surface area contributed by atoms with Crippen LogP contribution in [0.2, 0.25) is 0 Å². The summed E-state index contributed by atoms with van der Waals surface area (Å²) in [5.74, 6) is -1.94. The number of carbonyl (C=O) groups is 3. The fourth-order valence-electron chi connectivity index (χ4n) is 2.57. The van der Waals surface area contributed by atoms with Gasteiger partial charge in [0.2, 0.25) is 5.91 Å². The first-order valence-corrected chi connectivity index (χ1v) is 6.72. The second-order valence-corrected chi connectivity index (χ2v) is 5.27. The molecule has 0 aliphatic heterocycles. The number of pyridine rings is 1. The molecular formula is C14H17N3O4. The molecule has 0 aromatic carbocycles. The van der Waals surface area contributed by atoms with E-state index in [0.29, 0.717) is 12.8 Å². The van der Waals surface area contributed by atoms with E-state index in [2.05, 4.69) is 10.3 Å². The Kier molecular flexibility index (Phi) is 4.21. The second kappa shape index (κ2) is 5.90. The third-order valence-corrected chi connectivity index (χ3v) is 3.92. The minimum Gasteiger partial charge on any atom is -0.477 e. The van der Waals surface area contributed by atoms with Gasteiger partial charge in [-0.05, 0) is 25.0 Å². The maximum atomic E-state index is 12.0. The molecule has 2 rings (SSSR count). The van der Waals surface area contributed by atoms with Crippen molar-refractivity contribution in [2.45, 2.75) is 25.7 Å². The van der Waals surface area contributed by atoms with Gasteiger partial charge in [0.25, 0.3) is 5.91 Å². The summed E-state index contributed by atoms with van der Waals surface area (Å²) in [4.78, 5) is 37.9. The largest absolute Gasteiger partial charge is 0.477 e. The minimum absolute atomic E-state index is 0.129. The summed E-state index contributed by atoms with van der Waals surface area (Å²) in [5, 5.41) is 11.4. The molecule has 0 spiro atoms. The molecule has 1 heterocycles. The molecule has 2 amide bonds. The van der Waals surface area contributed by atoms with Gasteiger partial charge in [-0.25, -0.2) is 9.78 Å². The molecule has 0 atom stereocenters. The Morgan fingerprint density at radius 2 is 1.95 bits per heavy atom. The van der Waals surface area contributed by atoms with Crippen LogP contribution in [-0.4, -0.2) is 34.4 Å². The molecule has 7 heteroatoms. The molecule has 0 bridgehead atoms. The van der Waals surface area contributed by atoms with Gasteiger partial charge in [0.15, 0.2) is 0 Å². The number of nitrogens with zero attached hydrogens (tertiary/aromatic N) is 1. The number of nitrogens with two attached hydrogens (primary N) is 1. The maximum absolute atomic E-state index is 12.0. The summed E-state index contributed by atoms with van der Waals surface area (Å²) in [6, 6.07) is 2.65. The predicted molar refractivity (Wildman–Crippen MR) is 73.6 cm³/mol. The molecular weight excluding hydrogens is 274 g/mol. The molecule has 21 heavy (non-hydrogen) atoms. The average Bonchev–Trinajstić information content (AvgIpc) is 2.95. The van der Waals surface area contributed by atoms with Crippen LogP contribution in [0.1, 0.15) is 46.5 Å². The Labute approximate surface area is 121 Å². The number of amides is 2. The summed E-state index contributed by atoms with van der Waals surface area (Å²) in [5.41, 5.74) is 4.90. The van der Waals surface area contributed by atoms with Gasteiger partial charge in [-0.2, -0.15) is 0 Å². The highest BCUT2D eigenvalue weighted by Gasteiger charge is 2.39. The molecule has 1 aliphatic carbocycles. The highest BCUT2D eigenvalue weighted by Crippen LogP contribution is 2.37. The second-order valence-electron chi connectivity index (χ2n) is 5.27. The summed E-state index contributed by atoms with van der Waals surface area (Å²) in [6.07, 6.45) is 4.41. The fraction of sp³-hybridized carbons (Fsp3) is 0.429. The highest BCUT2D eigenvalue weighted by molar-refractivity contribution is 5.95. The summed E-state index contributed by atoms with van der Waals surface area (Å²) < 4.78 is 0. The van der Waals surface area contributed by atoms with Crippen molar-refractivity contribution in [2.24, 2.45) is 11.1 Å². The fourth-order valence-corrected chi connectivity index (χ4v) is 2.57. The molecule has 0 radical (unpaired) electrons. The van der Waals surface area contributed by atoms with E-state index in [1.807, 2.05) is 0 Å². The molecule has 1 aromatic heterocycles. The lowest BCUT2D eigenvalue weighted by Crippen LogP contribution is -2.44. The van der Waals surface area contributed by atoms with Crippen LogP contribution >= 0.6 is 0 Å². The first-order chi connectivity index (χ1) is 9.94. The normalized spacial score (nSPS) is 16.4. The monoisotopic (exact) mass is 291 g/mol. The zero-order chi connectivity index (χ0) is 15.5. The van der Waals surface area contributed by atoms with Gasteiger partial charge >= 0.3 is 5.97 Å². The van der Waals surface area contributed by atoms with Crippen LogP contribution in [0.25, 0.3) is 0 Å². The van der Waals surface area contributed by atoms with Crippen LogP contribution in [0.15, 0.2) is 18.3 Å². The average molecular weight is 291 g/mol. The molecule has 4 N–H and O–H groups in total. The van der Waals surface area contributed by atoms with Crippen molar-refractivity contribution in [3.05, 3.63) is 29.6 Å². The standard InChI is InChI=1S/C14H17N3O4/c15-13(21)14(5-1-2-6-14)8-17-11(18)9-3-4-10(12(19)20)16-7-9/h3-4,7H,1-2,5-6,8H2,(H2,15,21)(H,17,18)(H,19,20). The van der Waals surface area contributed by atoms with Gasteiger partial charge in [0, 0.05) is 12.7 Å². The number of aromatic carboxylic acids is 1. The highest BCUT2D eigenvalue weighted by atomic mass is 16.4. The summed E-state index contributed by atoms with van der Waals surface area (Å²) in [7, 11) is 0. The van der Waals surface area contributed by atoms with E-state index in [1.54, 1.807) is 0 Å². The van der Waals surface area contributed by atoms with E-state index in [-0.39, 0.29) is 23.7 Å². The Morgan fingerprint density at radius 1 is 1.29 bits per heavy atom. The molecule has 1 aromatic rings. The maximum Gasteiger partial charge on any atom is 0.354 e. The molecule has 1 aliphatic rings. The van der Waals surface area contributed by atoms with Crippen LogP contribution in [-0.2, 0) is 4.79 Å². The molecule has 1 saturated carbocycles. The van der Waals surface area contributed by atoms with Crippen molar-refractivity contribution in [1.82, 2.24) is 10.3 Å². The van der Waals surface area contributed by atoms with Crippen molar-refractivity contribution < 1.29 is 19.5 Å². The Morgan fingerprint density at radius 3 is 2.43 bits per heavy atom. The number of carbonyl (C=O) groups excluding carboxylic acids is 2. The lowest BCUT2D eigenvalue weighted by atomic mass is 9.85. The van der Waals surface area contributed by atoms with Crippen LogP contribution in [0, 0.1) is 5.41 Å². The van der Waals surface area contributed by atoms with E-state index in [1.165, 1.54) is 18.3 Å². The van der Waals surface area contributed by atoms with Gasteiger partial charge in [0.05, 0.1) is 11.0 Å². The van der Waals surface area contributed by atoms with Crippen molar-refractivity contribution >= 4 is 17.8 Å². The SMILES string of the molecule is NC(=O)C1(CNC(=O)c2ccc(C(=O)O)nc2)CCCC1. The van der Waals surface area contributed by atoms with Gasteiger partial charge in [-0.3, -0.25) is 9.59 Å². The summed E-state index contributed by atoms with van der Waals surface area (Å²) in [6.45, 7) is 0.196. The van der Waals surface area contributed by atoms with E-state index >= 15 is 0 Å². The summed E-state index contributed by atoms with van der Waals surface area (Å²) >= 11 is 0. The lowest BCUT2D eigenvalue weighted by molar-refractivity contribution is -0.127. The van der Waals surface area contributed by atoms with Crippen molar-refractivity contribution in [3.8, 4) is 0 Å². The molecule has 1 fully saturated rings. The number of nitrogens with one attached hydrogen (secondary N) is 1. The van der Waals surface area contributed by atoms with Crippen LogP contribution < -0.4 is 11.1 Å². The third kappa shape index (κ3) is 3.18. The minimum atomic E-state index is -1.15. The van der Waals surface area contributed by atoms with Crippen LogP contribution in [0.5, 0.6) is 0 Å². The van der Waals surface area contributed by atoms with Gasteiger partial charge in [-0.1, -0.05) is 12.8 Å². The van der Waals surface area contributed by atoms with E-state index in [4.69, 9.17) is 10.8 Å². The van der Waals surface area contributed by atoms with Crippen molar-refractivity contribution in [3.63, 3.8) is 0 Å². The number of rotatable bonds is 5. The topological polar surface area (TPSA) is 122 Å². The predicted octanol–water partition coefficient (Wildman–Crippen LogP) is 0.555. The zero-order valence-corrected chi connectivity index (χ0v) is 11.5. The third-order valence-electron chi connectivity index (χ3n) is 3.92. The number of carboxylic acids is 1. The number of aromatic nitrogens is 1. The Hall–Kier alpha value is -2.44. The molecule has 7 nitrogen and oxygen atoms in total. The molecule has 0 saturated heterocycles. The van der Waals surface area contributed by atoms with E-state index in [9.17, 15) is 14.4 Å².